The van der Waals surface area contributed by atoms with Crippen molar-refractivity contribution in [1.29, 1.82) is 0 Å². The molecule has 0 saturated carbocycles. The average molecular weight is 275 g/mol. The van der Waals surface area contributed by atoms with Crippen LogP contribution in [-0.4, -0.2) is 10.7 Å². The number of benzene rings is 2. The predicted molar refractivity (Wildman–Crippen MR) is 73.4 cm³/mol. The SMILES string of the molecule is FC(F)(F)Cn1c(-c2ccccc2)cc2ccccc21. The molecule has 1 aromatic heterocycles. The zero-order chi connectivity index (χ0) is 14.2. The first-order chi connectivity index (χ1) is 9.54. The van der Waals surface area contributed by atoms with Gasteiger partial charge in [0.2, 0.25) is 0 Å². The summed E-state index contributed by atoms with van der Waals surface area (Å²) >= 11 is 0. The summed E-state index contributed by atoms with van der Waals surface area (Å²) in [7, 11) is 0. The fraction of sp³-hybridized carbons (Fsp3) is 0.125. The molecule has 0 radical (unpaired) electrons. The van der Waals surface area contributed by atoms with Crippen LogP contribution in [0.1, 0.15) is 0 Å². The van der Waals surface area contributed by atoms with Crippen LogP contribution in [0.2, 0.25) is 0 Å². The van der Waals surface area contributed by atoms with Gasteiger partial charge < -0.3 is 4.57 Å². The van der Waals surface area contributed by atoms with E-state index in [9.17, 15) is 13.2 Å². The van der Waals surface area contributed by atoms with Gasteiger partial charge in [-0.15, -0.1) is 0 Å². The van der Waals surface area contributed by atoms with E-state index in [1.807, 2.05) is 42.5 Å². The second-order valence-corrected chi connectivity index (χ2v) is 4.66. The monoisotopic (exact) mass is 275 g/mol. The molecule has 20 heavy (non-hydrogen) atoms. The number of fused-ring (bicyclic) bond motifs is 1. The maximum absolute atomic E-state index is 12.8. The highest BCUT2D eigenvalue weighted by atomic mass is 19.4. The lowest BCUT2D eigenvalue weighted by Crippen LogP contribution is -2.18. The van der Waals surface area contributed by atoms with E-state index in [0.29, 0.717) is 11.2 Å². The van der Waals surface area contributed by atoms with Gasteiger partial charge >= 0.3 is 6.18 Å². The Bertz CT molecular complexity index is 726. The summed E-state index contributed by atoms with van der Waals surface area (Å²) in [6.07, 6.45) is -4.24. The van der Waals surface area contributed by atoms with Crippen LogP contribution in [0, 0.1) is 0 Å². The highest BCUT2D eigenvalue weighted by molar-refractivity contribution is 5.87. The Kier molecular flexibility index (Phi) is 3.01. The van der Waals surface area contributed by atoms with Crippen molar-refractivity contribution in [2.45, 2.75) is 12.7 Å². The van der Waals surface area contributed by atoms with Gasteiger partial charge in [0.1, 0.15) is 6.54 Å². The van der Waals surface area contributed by atoms with E-state index >= 15 is 0 Å². The van der Waals surface area contributed by atoms with Crippen LogP contribution in [0.15, 0.2) is 60.7 Å². The van der Waals surface area contributed by atoms with E-state index in [4.69, 9.17) is 0 Å². The molecule has 0 aliphatic heterocycles. The maximum atomic E-state index is 12.8. The quantitative estimate of drug-likeness (QED) is 0.628. The number of nitrogens with zero attached hydrogens (tertiary/aromatic N) is 1. The number of alkyl halides is 3. The van der Waals surface area contributed by atoms with Crippen molar-refractivity contribution in [3.05, 3.63) is 60.7 Å². The number of hydrogen-bond acceptors (Lipinski definition) is 0. The summed E-state index contributed by atoms with van der Waals surface area (Å²) < 4.78 is 39.8. The van der Waals surface area contributed by atoms with Crippen molar-refractivity contribution in [3.63, 3.8) is 0 Å². The van der Waals surface area contributed by atoms with Crippen molar-refractivity contribution < 1.29 is 13.2 Å². The van der Waals surface area contributed by atoms with Gasteiger partial charge in [-0.1, -0.05) is 48.5 Å². The van der Waals surface area contributed by atoms with Gasteiger partial charge in [-0.3, -0.25) is 0 Å². The van der Waals surface area contributed by atoms with E-state index in [-0.39, 0.29) is 0 Å². The van der Waals surface area contributed by atoms with Gasteiger partial charge in [0.15, 0.2) is 0 Å². The molecule has 0 N–H and O–H groups in total. The van der Waals surface area contributed by atoms with Crippen LogP contribution in [0.25, 0.3) is 22.2 Å². The minimum Gasteiger partial charge on any atom is -0.331 e. The van der Waals surface area contributed by atoms with Gasteiger partial charge in [0, 0.05) is 16.6 Å². The smallest absolute Gasteiger partial charge is 0.331 e. The molecule has 0 aliphatic carbocycles. The van der Waals surface area contributed by atoms with E-state index in [1.165, 1.54) is 4.57 Å². The fourth-order valence-corrected chi connectivity index (χ4v) is 2.41. The van der Waals surface area contributed by atoms with E-state index in [2.05, 4.69) is 0 Å². The third kappa shape index (κ3) is 2.41. The molecule has 0 amide bonds. The molecule has 3 aromatic rings. The number of aromatic nitrogens is 1. The van der Waals surface area contributed by atoms with Gasteiger partial charge in [0.25, 0.3) is 0 Å². The number of para-hydroxylation sites is 1. The molecule has 0 unspecified atom stereocenters. The third-order valence-corrected chi connectivity index (χ3v) is 3.22. The maximum Gasteiger partial charge on any atom is 0.406 e. The Morgan fingerprint density at radius 1 is 0.850 bits per heavy atom. The molecular weight excluding hydrogens is 263 g/mol. The summed E-state index contributed by atoms with van der Waals surface area (Å²) in [5.41, 5.74) is 1.97. The molecular formula is C16H12F3N. The van der Waals surface area contributed by atoms with E-state index < -0.39 is 12.7 Å². The molecule has 102 valence electrons. The lowest BCUT2D eigenvalue weighted by atomic mass is 10.1. The number of rotatable bonds is 2. The van der Waals surface area contributed by atoms with Gasteiger partial charge in [0.05, 0.1) is 0 Å². The van der Waals surface area contributed by atoms with Crippen LogP contribution in [-0.2, 0) is 6.54 Å². The van der Waals surface area contributed by atoms with Crippen LogP contribution < -0.4 is 0 Å². The Balaban J connectivity index is 2.23. The summed E-state index contributed by atoms with van der Waals surface area (Å²) in [5.74, 6) is 0. The average Bonchev–Trinajstić information content (AvgIpc) is 2.77. The molecule has 3 rings (SSSR count). The molecule has 0 spiro atoms. The number of hydrogen-bond donors (Lipinski definition) is 0. The highest BCUT2D eigenvalue weighted by Crippen LogP contribution is 2.31. The minimum atomic E-state index is -4.24. The lowest BCUT2D eigenvalue weighted by Gasteiger charge is -2.13. The molecule has 1 heterocycles. The molecule has 0 atom stereocenters. The first kappa shape index (κ1) is 12.8. The Labute approximate surface area is 114 Å². The number of halogens is 3. The zero-order valence-electron chi connectivity index (χ0n) is 10.6. The molecule has 2 aromatic carbocycles. The largest absolute Gasteiger partial charge is 0.406 e. The minimum absolute atomic E-state index is 0.587. The molecule has 0 saturated heterocycles. The second-order valence-electron chi connectivity index (χ2n) is 4.66. The highest BCUT2D eigenvalue weighted by Gasteiger charge is 2.29. The zero-order valence-corrected chi connectivity index (χ0v) is 10.6. The van der Waals surface area contributed by atoms with Crippen LogP contribution in [0.5, 0.6) is 0 Å². The van der Waals surface area contributed by atoms with E-state index in [0.717, 1.165) is 10.9 Å². The summed E-state index contributed by atoms with van der Waals surface area (Å²) in [4.78, 5) is 0. The Morgan fingerprint density at radius 2 is 1.50 bits per heavy atom. The summed E-state index contributed by atoms with van der Waals surface area (Å²) in [6.45, 7) is -0.981. The predicted octanol–water partition coefficient (Wildman–Crippen LogP) is 4.87. The van der Waals surface area contributed by atoms with Gasteiger partial charge in [-0.25, -0.2) is 0 Å². The van der Waals surface area contributed by atoms with Gasteiger partial charge in [-0.2, -0.15) is 13.2 Å². The van der Waals surface area contributed by atoms with Crippen molar-refractivity contribution in [1.82, 2.24) is 4.57 Å². The van der Waals surface area contributed by atoms with Gasteiger partial charge in [-0.05, 0) is 17.7 Å². The standard InChI is InChI=1S/C16H12F3N/c17-16(18,19)11-20-14-9-5-4-8-13(14)10-15(20)12-6-2-1-3-7-12/h1-10H,11H2. The Hall–Kier alpha value is -2.23. The molecule has 1 nitrogen and oxygen atoms in total. The van der Waals surface area contributed by atoms with E-state index in [1.54, 1.807) is 18.2 Å². The van der Waals surface area contributed by atoms with Crippen LogP contribution in [0.4, 0.5) is 13.2 Å². The van der Waals surface area contributed by atoms with Crippen molar-refractivity contribution in [3.8, 4) is 11.3 Å². The molecule has 0 aliphatic rings. The summed E-state index contributed by atoms with van der Waals surface area (Å²) in [6, 6.07) is 18.1. The molecule has 4 heteroatoms. The Morgan fingerprint density at radius 3 is 2.20 bits per heavy atom. The third-order valence-electron chi connectivity index (χ3n) is 3.22. The normalized spacial score (nSPS) is 11.9. The first-order valence-electron chi connectivity index (χ1n) is 6.25. The molecule has 0 bridgehead atoms. The first-order valence-corrected chi connectivity index (χ1v) is 6.25. The van der Waals surface area contributed by atoms with Crippen molar-refractivity contribution >= 4 is 10.9 Å². The molecule has 0 fully saturated rings. The lowest BCUT2D eigenvalue weighted by molar-refractivity contribution is -0.139. The van der Waals surface area contributed by atoms with Crippen molar-refractivity contribution in [2.24, 2.45) is 0 Å². The van der Waals surface area contributed by atoms with Crippen LogP contribution >= 0.6 is 0 Å². The fourth-order valence-electron chi connectivity index (χ4n) is 2.41. The topological polar surface area (TPSA) is 4.93 Å². The second kappa shape index (κ2) is 4.71. The van der Waals surface area contributed by atoms with Crippen molar-refractivity contribution in [2.75, 3.05) is 0 Å². The van der Waals surface area contributed by atoms with Crippen LogP contribution in [0.3, 0.4) is 0 Å². The summed E-state index contributed by atoms with van der Waals surface area (Å²) in [5, 5.41) is 0.815.